The average Bonchev–Trinajstić information content (AvgIpc) is 3.17. The van der Waals surface area contributed by atoms with Crippen LogP contribution in [-0.2, 0) is 31.7 Å². The lowest BCUT2D eigenvalue weighted by Crippen LogP contribution is -2.49. The number of nitrogens with zero attached hydrogens (tertiary/aromatic N) is 3. The molecule has 0 aliphatic carbocycles. The Morgan fingerprint density at radius 2 is 1.68 bits per heavy atom. The molecule has 0 saturated carbocycles. The van der Waals surface area contributed by atoms with Gasteiger partial charge in [0, 0.05) is 19.2 Å². The Morgan fingerprint density at radius 3 is 2.29 bits per heavy atom. The Labute approximate surface area is 199 Å². The summed E-state index contributed by atoms with van der Waals surface area (Å²) in [7, 11) is -0.898. The first kappa shape index (κ1) is 24.0. The number of morpholine rings is 1. The molecule has 0 bridgehead atoms. The summed E-state index contributed by atoms with van der Waals surface area (Å²) in [5.74, 6) is 0.487. The summed E-state index contributed by atoms with van der Waals surface area (Å²) in [6, 6.07) is 12.1. The molecule has 2 aromatic carbocycles. The third kappa shape index (κ3) is 5.02. The van der Waals surface area contributed by atoms with E-state index in [2.05, 4.69) is 4.98 Å². The van der Waals surface area contributed by atoms with Crippen molar-refractivity contribution in [2.45, 2.75) is 43.5 Å². The smallest absolute Gasteiger partial charge is 0.242 e. The Bertz CT molecular complexity index is 1270. The molecule has 10 heteroatoms. The first-order valence-corrected chi connectivity index (χ1v) is 12.7. The van der Waals surface area contributed by atoms with Crippen LogP contribution < -0.4 is 9.47 Å². The van der Waals surface area contributed by atoms with Gasteiger partial charge in [0.1, 0.15) is 18.0 Å². The summed E-state index contributed by atoms with van der Waals surface area (Å²) in [4.78, 5) is 19.3. The van der Waals surface area contributed by atoms with Gasteiger partial charge >= 0.3 is 0 Å². The highest BCUT2D eigenvalue weighted by atomic mass is 32.2. The average molecular weight is 488 g/mol. The van der Waals surface area contributed by atoms with E-state index in [1.807, 2.05) is 13.8 Å². The zero-order chi connectivity index (χ0) is 24.5. The van der Waals surface area contributed by atoms with Gasteiger partial charge in [0.2, 0.25) is 20.9 Å². The zero-order valence-corrected chi connectivity index (χ0v) is 20.5. The molecule has 0 N–H and O–H groups in total. The van der Waals surface area contributed by atoms with Gasteiger partial charge in [0.05, 0.1) is 43.2 Å². The fourth-order valence-corrected chi connectivity index (χ4v) is 5.76. The minimum absolute atomic E-state index is 0.0847. The largest absolute Gasteiger partial charge is 0.497 e. The number of fused-ring (bicyclic) bond motifs is 1. The molecule has 2 atom stereocenters. The molecule has 2 unspecified atom stereocenters. The molecular weight excluding hydrogens is 458 g/mol. The van der Waals surface area contributed by atoms with E-state index < -0.39 is 9.84 Å². The summed E-state index contributed by atoms with van der Waals surface area (Å²) in [5.41, 5.74) is 1.60. The number of para-hydroxylation sites is 2. The third-order valence-corrected chi connectivity index (χ3v) is 7.31. The van der Waals surface area contributed by atoms with Crippen LogP contribution >= 0.6 is 0 Å². The van der Waals surface area contributed by atoms with E-state index in [9.17, 15) is 13.2 Å². The maximum absolute atomic E-state index is 13.5. The number of hydrogen-bond donors (Lipinski definition) is 0. The Kier molecular flexibility index (Phi) is 6.81. The summed E-state index contributed by atoms with van der Waals surface area (Å²) < 4.78 is 44.8. The highest BCUT2D eigenvalue weighted by Crippen LogP contribution is 2.27. The molecule has 4 rings (SSSR count). The molecule has 1 aromatic heterocycles. The van der Waals surface area contributed by atoms with Crippen LogP contribution in [0.2, 0.25) is 0 Å². The van der Waals surface area contributed by atoms with Gasteiger partial charge in [0.25, 0.3) is 0 Å². The first-order valence-electron chi connectivity index (χ1n) is 11.0. The van der Waals surface area contributed by atoms with Crippen LogP contribution in [-0.4, -0.2) is 68.3 Å². The van der Waals surface area contributed by atoms with E-state index in [1.165, 1.54) is 18.8 Å². The number of rotatable bonds is 7. The van der Waals surface area contributed by atoms with Crippen LogP contribution in [0.3, 0.4) is 0 Å². The van der Waals surface area contributed by atoms with Gasteiger partial charge in [-0.2, -0.15) is 0 Å². The Hall–Kier alpha value is -3.11. The number of ether oxygens (including phenoxy) is 3. The fraction of sp³-hybridized carbons (Fsp3) is 0.417. The summed E-state index contributed by atoms with van der Waals surface area (Å²) in [6.45, 7) is 4.63. The van der Waals surface area contributed by atoms with Gasteiger partial charge in [-0.25, -0.2) is 13.4 Å². The summed E-state index contributed by atoms with van der Waals surface area (Å²) >= 11 is 0. The molecule has 1 aliphatic heterocycles. The van der Waals surface area contributed by atoms with Crippen molar-refractivity contribution in [2.24, 2.45) is 0 Å². The van der Waals surface area contributed by atoms with Gasteiger partial charge in [0.15, 0.2) is 0 Å². The third-order valence-electron chi connectivity index (χ3n) is 5.73. The lowest BCUT2D eigenvalue weighted by atomic mass is 10.2. The van der Waals surface area contributed by atoms with E-state index in [4.69, 9.17) is 14.2 Å². The maximum atomic E-state index is 13.5. The van der Waals surface area contributed by atoms with Crippen LogP contribution in [0.25, 0.3) is 11.0 Å². The SMILES string of the molecule is COc1cc(CS(=O)(=O)c2nc3ccccc3n2CC(=O)N2CC(C)OC(C)C2)cc(OC)c1. The van der Waals surface area contributed by atoms with E-state index in [0.29, 0.717) is 41.2 Å². The van der Waals surface area contributed by atoms with Crippen LogP contribution in [0.5, 0.6) is 11.5 Å². The summed E-state index contributed by atoms with van der Waals surface area (Å²) in [5, 5.41) is -0.141. The van der Waals surface area contributed by atoms with Crippen molar-refractivity contribution in [1.82, 2.24) is 14.5 Å². The van der Waals surface area contributed by atoms with Crippen molar-refractivity contribution in [1.29, 1.82) is 0 Å². The lowest BCUT2D eigenvalue weighted by Gasteiger charge is -2.35. The molecule has 1 amide bonds. The van der Waals surface area contributed by atoms with Crippen molar-refractivity contribution >= 4 is 26.8 Å². The van der Waals surface area contributed by atoms with Gasteiger partial charge in [-0.15, -0.1) is 0 Å². The molecule has 34 heavy (non-hydrogen) atoms. The van der Waals surface area contributed by atoms with Crippen LogP contribution in [0.15, 0.2) is 47.6 Å². The van der Waals surface area contributed by atoms with Crippen molar-refractivity contribution in [3.05, 3.63) is 48.0 Å². The van der Waals surface area contributed by atoms with E-state index >= 15 is 0 Å². The minimum Gasteiger partial charge on any atom is -0.497 e. The highest BCUT2D eigenvalue weighted by molar-refractivity contribution is 7.90. The standard InChI is InChI=1S/C24H29N3O6S/c1-16-12-26(13-17(2)33-16)23(28)14-27-22-8-6-5-7-21(22)25-24(27)34(29,30)15-18-9-19(31-3)11-20(10-18)32-4/h5-11,16-17H,12-15H2,1-4H3. The predicted octanol–water partition coefficient (Wildman–Crippen LogP) is 2.66. The first-order chi connectivity index (χ1) is 16.2. The van der Waals surface area contributed by atoms with Crippen molar-refractivity contribution in [2.75, 3.05) is 27.3 Å². The normalized spacial score (nSPS) is 18.8. The van der Waals surface area contributed by atoms with Gasteiger partial charge < -0.3 is 23.7 Å². The molecular formula is C24H29N3O6S. The number of imidazole rings is 1. The Morgan fingerprint density at radius 1 is 1.06 bits per heavy atom. The number of sulfone groups is 1. The van der Waals surface area contributed by atoms with E-state index in [-0.39, 0.29) is 35.6 Å². The molecule has 1 saturated heterocycles. The molecule has 1 aliphatic rings. The Balaban J connectivity index is 1.70. The maximum Gasteiger partial charge on any atom is 0.242 e. The van der Waals surface area contributed by atoms with E-state index in [1.54, 1.807) is 47.4 Å². The quantitative estimate of drug-likeness (QED) is 0.505. The van der Waals surface area contributed by atoms with Gasteiger partial charge in [-0.1, -0.05) is 12.1 Å². The molecule has 0 spiro atoms. The van der Waals surface area contributed by atoms with Crippen molar-refractivity contribution in [3.63, 3.8) is 0 Å². The lowest BCUT2D eigenvalue weighted by molar-refractivity contribution is -0.143. The topological polar surface area (TPSA) is 100.0 Å². The van der Waals surface area contributed by atoms with Gasteiger partial charge in [-0.3, -0.25) is 4.79 Å². The number of carbonyl (C=O) groups excluding carboxylic acids is 1. The highest BCUT2D eigenvalue weighted by Gasteiger charge is 2.30. The second-order valence-electron chi connectivity index (χ2n) is 8.51. The number of aromatic nitrogens is 2. The summed E-state index contributed by atoms with van der Waals surface area (Å²) in [6.07, 6.45) is -0.169. The number of hydrogen-bond acceptors (Lipinski definition) is 7. The molecule has 0 radical (unpaired) electrons. The monoisotopic (exact) mass is 487 g/mol. The van der Waals surface area contributed by atoms with Crippen LogP contribution in [0, 0.1) is 0 Å². The molecule has 182 valence electrons. The second-order valence-corrected chi connectivity index (χ2v) is 10.4. The molecule has 2 heterocycles. The minimum atomic E-state index is -3.91. The number of methoxy groups -OCH3 is 2. The molecule has 1 fully saturated rings. The second kappa shape index (κ2) is 9.63. The van der Waals surface area contributed by atoms with E-state index in [0.717, 1.165) is 0 Å². The van der Waals surface area contributed by atoms with Gasteiger partial charge in [-0.05, 0) is 43.7 Å². The molecule has 3 aromatic rings. The van der Waals surface area contributed by atoms with Crippen LogP contribution in [0.4, 0.5) is 0 Å². The number of amides is 1. The van der Waals surface area contributed by atoms with Crippen LogP contribution in [0.1, 0.15) is 19.4 Å². The fourth-order valence-electron chi connectivity index (χ4n) is 4.29. The number of benzene rings is 2. The number of carbonyl (C=O) groups is 1. The molecule has 9 nitrogen and oxygen atoms in total. The van der Waals surface area contributed by atoms with Crippen molar-refractivity contribution in [3.8, 4) is 11.5 Å². The zero-order valence-electron chi connectivity index (χ0n) is 19.7. The predicted molar refractivity (Wildman–Crippen MR) is 127 cm³/mol. The van der Waals surface area contributed by atoms with Crippen molar-refractivity contribution < 1.29 is 27.4 Å².